The molecule has 0 aliphatic carbocycles. The SMILES string of the molecule is COC(=O)[C@H](CC(C)C)N1C[C@@]2(C)O[C@H](C(=O)N3CCOCC3)[C@H](O2)C1=O. The van der Waals surface area contributed by atoms with Gasteiger partial charge in [0.05, 0.1) is 26.9 Å². The molecule has 3 aliphatic rings. The molecule has 3 saturated heterocycles. The predicted molar refractivity (Wildman–Crippen MR) is 92.5 cm³/mol. The number of carbonyl (C=O) groups excluding carboxylic acids is 3. The van der Waals surface area contributed by atoms with Crippen LogP contribution in [0, 0.1) is 5.92 Å². The number of nitrogens with zero attached hydrogens (tertiary/aromatic N) is 2. The molecule has 0 spiro atoms. The second-order valence-electron chi connectivity index (χ2n) is 7.78. The average Bonchev–Trinajstić information content (AvgIpc) is 2.96. The van der Waals surface area contributed by atoms with E-state index < -0.39 is 35.9 Å². The lowest BCUT2D eigenvalue weighted by Crippen LogP contribution is -2.60. The summed E-state index contributed by atoms with van der Waals surface area (Å²) in [5.41, 5.74) is 0. The minimum Gasteiger partial charge on any atom is -0.467 e. The Morgan fingerprint density at radius 1 is 1.26 bits per heavy atom. The van der Waals surface area contributed by atoms with Gasteiger partial charge in [0.1, 0.15) is 6.04 Å². The van der Waals surface area contributed by atoms with Crippen LogP contribution < -0.4 is 0 Å². The van der Waals surface area contributed by atoms with E-state index in [1.54, 1.807) is 11.8 Å². The van der Waals surface area contributed by atoms with E-state index in [4.69, 9.17) is 18.9 Å². The second-order valence-corrected chi connectivity index (χ2v) is 7.78. The number of morpholine rings is 2. The third kappa shape index (κ3) is 3.95. The first-order chi connectivity index (χ1) is 12.8. The van der Waals surface area contributed by atoms with Crippen molar-refractivity contribution in [3.05, 3.63) is 0 Å². The summed E-state index contributed by atoms with van der Waals surface area (Å²) in [6.45, 7) is 7.53. The van der Waals surface area contributed by atoms with E-state index in [-0.39, 0.29) is 18.4 Å². The number of methoxy groups -OCH3 is 1. The topological polar surface area (TPSA) is 94.6 Å². The number of fused-ring (bicyclic) bond motifs is 2. The Morgan fingerprint density at radius 3 is 2.52 bits per heavy atom. The van der Waals surface area contributed by atoms with Crippen molar-refractivity contribution in [3.63, 3.8) is 0 Å². The molecule has 0 unspecified atom stereocenters. The predicted octanol–water partition coefficient (Wildman–Crippen LogP) is -0.225. The molecule has 3 fully saturated rings. The lowest BCUT2D eigenvalue weighted by molar-refractivity contribution is -0.208. The highest BCUT2D eigenvalue weighted by molar-refractivity contribution is 5.94. The van der Waals surface area contributed by atoms with E-state index in [1.807, 2.05) is 13.8 Å². The van der Waals surface area contributed by atoms with E-state index in [2.05, 4.69) is 0 Å². The standard InChI is InChI=1S/C18H28N2O7/c1-11(2)9-12(17(23)24-4)20-10-18(3)26-13(14(27-18)16(20)22)15(21)19-5-7-25-8-6-19/h11-14H,5-10H2,1-4H3/t12-,13-,14-,18-/m0/s1. The van der Waals surface area contributed by atoms with Gasteiger partial charge in [-0.3, -0.25) is 9.59 Å². The smallest absolute Gasteiger partial charge is 0.328 e. The van der Waals surface area contributed by atoms with Gasteiger partial charge in [0.25, 0.3) is 11.8 Å². The summed E-state index contributed by atoms with van der Waals surface area (Å²) in [5, 5.41) is 0. The van der Waals surface area contributed by atoms with Crippen LogP contribution in [-0.4, -0.2) is 91.6 Å². The number of esters is 1. The Bertz CT molecular complexity index is 605. The Morgan fingerprint density at radius 2 is 1.93 bits per heavy atom. The van der Waals surface area contributed by atoms with Gasteiger partial charge in [0.2, 0.25) is 0 Å². The number of rotatable bonds is 5. The number of ether oxygens (including phenoxy) is 4. The maximum absolute atomic E-state index is 13.1. The van der Waals surface area contributed by atoms with Crippen LogP contribution in [0.15, 0.2) is 0 Å². The maximum atomic E-state index is 13.1. The molecular weight excluding hydrogens is 356 g/mol. The van der Waals surface area contributed by atoms with Gasteiger partial charge in [-0.05, 0) is 19.3 Å². The van der Waals surface area contributed by atoms with Gasteiger partial charge < -0.3 is 28.7 Å². The molecule has 0 aromatic heterocycles. The molecule has 0 N–H and O–H groups in total. The third-order valence-electron chi connectivity index (χ3n) is 5.12. The molecule has 27 heavy (non-hydrogen) atoms. The first-order valence-corrected chi connectivity index (χ1v) is 9.36. The van der Waals surface area contributed by atoms with Crippen molar-refractivity contribution in [2.75, 3.05) is 40.0 Å². The minimum absolute atomic E-state index is 0.0711. The summed E-state index contributed by atoms with van der Waals surface area (Å²) in [5.74, 6) is -2.11. The molecule has 0 saturated carbocycles. The molecule has 4 atom stereocenters. The molecule has 9 nitrogen and oxygen atoms in total. The van der Waals surface area contributed by atoms with Crippen molar-refractivity contribution in [2.24, 2.45) is 5.92 Å². The van der Waals surface area contributed by atoms with Crippen molar-refractivity contribution in [2.45, 2.75) is 51.2 Å². The lowest BCUT2D eigenvalue weighted by atomic mass is 10.00. The highest BCUT2D eigenvalue weighted by Gasteiger charge is 2.59. The van der Waals surface area contributed by atoms with Crippen LogP contribution in [0.5, 0.6) is 0 Å². The fourth-order valence-electron chi connectivity index (χ4n) is 3.83. The summed E-state index contributed by atoms with van der Waals surface area (Å²) in [7, 11) is 1.30. The van der Waals surface area contributed by atoms with Crippen LogP contribution >= 0.6 is 0 Å². The van der Waals surface area contributed by atoms with Crippen LogP contribution in [-0.2, 0) is 33.3 Å². The van der Waals surface area contributed by atoms with Gasteiger partial charge in [0.15, 0.2) is 18.0 Å². The summed E-state index contributed by atoms with van der Waals surface area (Å²) in [6.07, 6.45) is -1.61. The first-order valence-electron chi connectivity index (χ1n) is 9.36. The summed E-state index contributed by atoms with van der Waals surface area (Å²) < 4.78 is 21.8. The largest absolute Gasteiger partial charge is 0.467 e. The highest BCUT2D eigenvalue weighted by atomic mass is 16.8. The monoisotopic (exact) mass is 384 g/mol. The van der Waals surface area contributed by atoms with Gasteiger partial charge in [-0.1, -0.05) is 13.8 Å². The van der Waals surface area contributed by atoms with Crippen LogP contribution in [0.1, 0.15) is 27.2 Å². The highest BCUT2D eigenvalue weighted by Crippen LogP contribution is 2.37. The third-order valence-corrected chi connectivity index (χ3v) is 5.12. The number of carbonyl (C=O) groups is 3. The van der Waals surface area contributed by atoms with E-state index in [9.17, 15) is 14.4 Å². The van der Waals surface area contributed by atoms with E-state index in [0.29, 0.717) is 32.7 Å². The molecular formula is C18H28N2O7. The Balaban J connectivity index is 1.81. The van der Waals surface area contributed by atoms with Gasteiger partial charge >= 0.3 is 5.97 Å². The second kappa shape index (κ2) is 7.73. The molecule has 0 aromatic carbocycles. The van der Waals surface area contributed by atoms with Gasteiger partial charge in [-0.2, -0.15) is 0 Å². The van der Waals surface area contributed by atoms with Crippen LogP contribution in [0.25, 0.3) is 0 Å². The number of amides is 2. The molecule has 3 aliphatic heterocycles. The summed E-state index contributed by atoms with van der Waals surface area (Å²) in [4.78, 5) is 41.3. The van der Waals surface area contributed by atoms with Crippen molar-refractivity contribution in [1.29, 1.82) is 0 Å². The summed E-state index contributed by atoms with van der Waals surface area (Å²) in [6, 6.07) is -0.728. The molecule has 2 amide bonds. The van der Waals surface area contributed by atoms with Crippen molar-refractivity contribution < 1.29 is 33.3 Å². The lowest BCUT2D eigenvalue weighted by Gasteiger charge is -2.39. The van der Waals surface area contributed by atoms with E-state index >= 15 is 0 Å². The molecule has 3 heterocycles. The Labute approximate surface area is 158 Å². The fraction of sp³-hybridized carbons (Fsp3) is 0.833. The van der Waals surface area contributed by atoms with Crippen molar-refractivity contribution >= 4 is 17.8 Å². The van der Waals surface area contributed by atoms with Gasteiger partial charge in [0, 0.05) is 13.1 Å². The van der Waals surface area contributed by atoms with Crippen LogP contribution in [0.2, 0.25) is 0 Å². The Hall–Kier alpha value is -1.71. The van der Waals surface area contributed by atoms with Crippen molar-refractivity contribution in [1.82, 2.24) is 9.80 Å². The van der Waals surface area contributed by atoms with E-state index in [0.717, 1.165) is 0 Å². The fourth-order valence-corrected chi connectivity index (χ4v) is 3.83. The van der Waals surface area contributed by atoms with Gasteiger partial charge in [-0.15, -0.1) is 0 Å². The van der Waals surface area contributed by atoms with E-state index in [1.165, 1.54) is 12.0 Å². The normalized spacial score (nSPS) is 32.0. The zero-order valence-corrected chi connectivity index (χ0v) is 16.3. The molecule has 152 valence electrons. The minimum atomic E-state index is -1.13. The first kappa shape index (κ1) is 20.0. The quantitative estimate of drug-likeness (QED) is 0.605. The Kier molecular flexibility index (Phi) is 5.73. The number of hydrogen-bond acceptors (Lipinski definition) is 7. The molecule has 0 aromatic rings. The van der Waals surface area contributed by atoms with Crippen LogP contribution in [0.3, 0.4) is 0 Å². The average molecular weight is 384 g/mol. The summed E-state index contributed by atoms with van der Waals surface area (Å²) >= 11 is 0. The van der Waals surface area contributed by atoms with Gasteiger partial charge in [-0.25, -0.2) is 4.79 Å². The van der Waals surface area contributed by atoms with Crippen LogP contribution in [0.4, 0.5) is 0 Å². The molecule has 3 rings (SSSR count). The molecule has 2 bridgehead atoms. The maximum Gasteiger partial charge on any atom is 0.328 e. The van der Waals surface area contributed by atoms with Crippen molar-refractivity contribution in [3.8, 4) is 0 Å². The number of hydrogen-bond donors (Lipinski definition) is 0. The molecule has 9 heteroatoms. The zero-order valence-electron chi connectivity index (χ0n) is 16.3. The zero-order chi connectivity index (χ0) is 19.8. The molecule has 0 radical (unpaired) electrons.